The van der Waals surface area contributed by atoms with E-state index in [1.54, 1.807) is 18.4 Å². The van der Waals surface area contributed by atoms with Gasteiger partial charge in [0.25, 0.3) is 0 Å². The van der Waals surface area contributed by atoms with Crippen LogP contribution in [0.15, 0.2) is 16.8 Å². The quantitative estimate of drug-likeness (QED) is 0.827. The van der Waals surface area contributed by atoms with Crippen molar-refractivity contribution in [2.75, 3.05) is 7.11 Å². The summed E-state index contributed by atoms with van der Waals surface area (Å²) < 4.78 is 5.64. The molecule has 1 aliphatic rings. The molecule has 0 atom stereocenters. The SMILES string of the molecule is COC1(C(=O)Cc2ccsc2)CCC(C)(C)CC1. The van der Waals surface area contributed by atoms with Gasteiger partial charge >= 0.3 is 0 Å². The molecule has 1 fully saturated rings. The normalized spacial score (nSPS) is 21.7. The second-order valence-electron chi connectivity index (χ2n) is 6.09. The lowest BCUT2D eigenvalue weighted by Crippen LogP contribution is -2.46. The van der Waals surface area contributed by atoms with Crippen LogP contribution in [0.1, 0.15) is 45.1 Å². The lowest BCUT2D eigenvalue weighted by molar-refractivity contribution is -0.147. The topological polar surface area (TPSA) is 26.3 Å². The standard InChI is InChI=1S/C15H22O2S/c1-14(2)5-7-15(17-3,8-6-14)13(16)10-12-4-9-18-11-12/h4,9,11H,5-8,10H2,1-3H3. The summed E-state index contributed by atoms with van der Waals surface area (Å²) in [5.74, 6) is 0.249. The van der Waals surface area contributed by atoms with Crippen LogP contribution >= 0.6 is 11.3 Å². The van der Waals surface area contributed by atoms with Crippen molar-refractivity contribution in [3.8, 4) is 0 Å². The van der Waals surface area contributed by atoms with Crippen LogP contribution < -0.4 is 0 Å². The third-order valence-electron chi connectivity index (χ3n) is 4.25. The van der Waals surface area contributed by atoms with Crippen molar-refractivity contribution in [2.45, 2.75) is 51.6 Å². The Morgan fingerprint density at radius 2 is 2.00 bits per heavy atom. The summed E-state index contributed by atoms with van der Waals surface area (Å²) in [5, 5.41) is 4.07. The van der Waals surface area contributed by atoms with E-state index in [9.17, 15) is 4.79 Å². The van der Waals surface area contributed by atoms with E-state index in [1.807, 2.05) is 16.8 Å². The molecule has 0 aliphatic heterocycles. The first kappa shape index (κ1) is 13.8. The molecular weight excluding hydrogens is 244 g/mol. The Morgan fingerprint density at radius 1 is 1.33 bits per heavy atom. The molecule has 0 aromatic carbocycles. The second-order valence-corrected chi connectivity index (χ2v) is 6.87. The molecule has 0 radical (unpaired) electrons. The molecule has 0 unspecified atom stereocenters. The van der Waals surface area contributed by atoms with Crippen LogP contribution in [0.2, 0.25) is 0 Å². The minimum absolute atomic E-state index is 0.249. The molecule has 3 heteroatoms. The Labute approximate surface area is 113 Å². The van der Waals surface area contributed by atoms with E-state index < -0.39 is 5.60 Å². The highest BCUT2D eigenvalue weighted by Gasteiger charge is 2.43. The maximum absolute atomic E-state index is 12.5. The summed E-state index contributed by atoms with van der Waals surface area (Å²) in [6, 6.07) is 2.03. The predicted molar refractivity (Wildman–Crippen MR) is 75.0 cm³/mol. The number of methoxy groups -OCH3 is 1. The zero-order valence-electron chi connectivity index (χ0n) is 11.5. The van der Waals surface area contributed by atoms with Crippen LogP contribution in [0.3, 0.4) is 0 Å². The summed E-state index contributed by atoms with van der Waals surface area (Å²) in [5.41, 5.74) is 0.938. The lowest BCUT2D eigenvalue weighted by atomic mass is 9.69. The first-order valence-electron chi connectivity index (χ1n) is 6.57. The maximum atomic E-state index is 12.5. The monoisotopic (exact) mass is 266 g/mol. The van der Waals surface area contributed by atoms with Crippen LogP contribution in [-0.4, -0.2) is 18.5 Å². The van der Waals surface area contributed by atoms with E-state index in [1.165, 1.54) is 0 Å². The van der Waals surface area contributed by atoms with Crippen LogP contribution in [0, 0.1) is 5.41 Å². The molecule has 0 spiro atoms. The fraction of sp³-hybridized carbons (Fsp3) is 0.667. The molecule has 2 rings (SSSR count). The lowest BCUT2D eigenvalue weighted by Gasteiger charge is -2.41. The minimum atomic E-state index is -0.530. The van der Waals surface area contributed by atoms with Gasteiger partial charge in [-0.05, 0) is 53.5 Å². The average Bonchev–Trinajstić information content (AvgIpc) is 2.82. The molecule has 1 saturated carbocycles. The van der Waals surface area contributed by atoms with Crippen molar-refractivity contribution >= 4 is 17.1 Å². The van der Waals surface area contributed by atoms with Crippen LogP contribution in [0.5, 0.6) is 0 Å². The number of rotatable bonds is 4. The number of hydrogen-bond donors (Lipinski definition) is 0. The van der Waals surface area contributed by atoms with E-state index in [0.29, 0.717) is 11.8 Å². The molecule has 1 aromatic heterocycles. The van der Waals surface area contributed by atoms with Gasteiger partial charge in [0.05, 0.1) is 0 Å². The molecule has 0 amide bonds. The zero-order valence-corrected chi connectivity index (χ0v) is 12.3. The summed E-state index contributed by atoms with van der Waals surface area (Å²) in [4.78, 5) is 12.5. The third-order valence-corrected chi connectivity index (χ3v) is 4.99. The first-order chi connectivity index (χ1) is 8.47. The van der Waals surface area contributed by atoms with Crippen LogP contribution in [0.4, 0.5) is 0 Å². The summed E-state index contributed by atoms with van der Waals surface area (Å²) in [7, 11) is 1.68. The molecule has 0 N–H and O–H groups in total. The van der Waals surface area contributed by atoms with Gasteiger partial charge in [0, 0.05) is 13.5 Å². The Kier molecular flexibility index (Phi) is 3.93. The molecule has 0 saturated heterocycles. The molecule has 2 nitrogen and oxygen atoms in total. The van der Waals surface area contributed by atoms with Crippen molar-refractivity contribution < 1.29 is 9.53 Å². The van der Waals surface area contributed by atoms with E-state index in [0.717, 1.165) is 31.2 Å². The van der Waals surface area contributed by atoms with Crippen molar-refractivity contribution in [1.82, 2.24) is 0 Å². The van der Waals surface area contributed by atoms with Gasteiger partial charge in [0.1, 0.15) is 5.60 Å². The molecule has 0 bridgehead atoms. The van der Waals surface area contributed by atoms with Gasteiger partial charge in [-0.1, -0.05) is 13.8 Å². The molecule has 100 valence electrons. The van der Waals surface area contributed by atoms with E-state index >= 15 is 0 Å². The van der Waals surface area contributed by atoms with Crippen molar-refractivity contribution in [3.05, 3.63) is 22.4 Å². The second kappa shape index (κ2) is 5.14. The third kappa shape index (κ3) is 2.83. The molecule has 1 aromatic rings. The fourth-order valence-corrected chi connectivity index (χ4v) is 3.34. The molecular formula is C15H22O2S. The Hall–Kier alpha value is -0.670. The average molecular weight is 266 g/mol. The molecule has 1 aliphatic carbocycles. The smallest absolute Gasteiger partial charge is 0.168 e. The number of Topliss-reactive ketones (excluding diaryl/α,β-unsaturated/α-hetero) is 1. The van der Waals surface area contributed by atoms with Gasteiger partial charge < -0.3 is 4.74 Å². The minimum Gasteiger partial charge on any atom is -0.370 e. The Balaban J connectivity index is 2.06. The molecule has 1 heterocycles. The number of ketones is 1. The van der Waals surface area contributed by atoms with Crippen LogP contribution in [0.25, 0.3) is 0 Å². The summed E-state index contributed by atoms with van der Waals surface area (Å²) >= 11 is 1.64. The number of thiophene rings is 1. The highest BCUT2D eigenvalue weighted by molar-refractivity contribution is 7.08. The van der Waals surface area contributed by atoms with Crippen molar-refractivity contribution in [2.24, 2.45) is 5.41 Å². The van der Waals surface area contributed by atoms with Crippen LogP contribution in [-0.2, 0) is 16.0 Å². The van der Waals surface area contributed by atoms with Gasteiger partial charge in [0.2, 0.25) is 0 Å². The largest absolute Gasteiger partial charge is 0.370 e. The van der Waals surface area contributed by atoms with E-state index in [-0.39, 0.29) is 5.78 Å². The van der Waals surface area contributed by atoms with Gasteiger partial charge in [0.15, 0.2) is 5.78 Å². The highest BCUT2D eigenvalue weighted by atomic mass is 32.1. The summed E-state index contributed by atoms with van der Waals surface area (Å²) in [6.45, 7) is 4.55. The number of hydrogen-bond acceptors (Lipinski definition) is 3. The van der Waals surface area contributed by atoms with Gasteiger partial charge in [-0.15, -0.1) is 0 Å². The van der Waals surface area contributed by atoms with Crippen molar-refractivity contribution in [1.29, 1.82) is 0 Å². The Morgan fingerprint density at radius 3 is 2.50 bits per heavy atom. The zero-order chi connectivity index (χ0) is 13.2. The van der Waals surface area contributed by atoms with E-state index in [4.69, 9.17) is 4.74 Å². The van der Waals surface area contributed by atoms with Gasteiger partial charge in [-0.3, -0.25) is 4.79 Å². The highest BCUT2D eigenvalue weighted by Crippen LogP contribution is 2.42. The van der Waals surface area contributed by atoms with Gasteiger partial charge in [-0.25, -0.2) is 0 Å². The van der Waals surface area contributed by atoms with E-state index in [2.05, 4.69) is 13.8 Å². The summed E-state index contributed by atoms with van der Waals surface area (Å²) in [6.07, 6.45) is 4.36. The Bertz CT molecular complexity index is 396. The number of carbonyl (C=O) groups excluding carboxylic acids is 1. The number of carbonyl (C=O) groups is 1. The van der Waals surface area contributed by atoms with Gasteiger partial charge in [-0.2, -0.15) is 11.3 Å². The number of ether oxygens (including phenoxy) is 1. The van der Waals surface area contributed by atoms with Crippen molar-refractivity contribution in [3.63, 3.8) is 0 Å². The predicted octanol–water partition coefficient (Wildman–Crippen LogP) is 3.85. The first-order valence-corrected chi connectivity index (χ1v) is 7.51. The fourth-order valence-electron chi connectivity index (χ4n) is 2.67. The maximum Gasteiger partial charge on any atom is 0.168 e. The molecule has 18 heavy (non-hydrogen) atoms.